The van der Waals surface area contributed by atoms with Gasteiger partial charge < -0.3 is 16.0 Å². The minimum Gasteiger partial charge on any atom is -0.368 e. The predicted molar refractivity (Wildman–Crippen MR) is 91.9 cm³/mol. The first-order chi connectivity index (χ1) is 11.9. The summed E-state index contributed by atoms with van der Waals surface area (Å²) >= 11 is 1.42. The summed E-state index contributed by atoms with van der Waals surface area (Å²) < 4.78 is 40.7. The first-order valence-corrected chi connectivity index (χ1v) is 8.79. The number of halogens is 3. The van der Waals surface area contributed by atoms with Gasteiger partial charge in [-0.25, -0.2) is 4.98 Å². The molecule has 4 heterocycles. The van der Waals surface area contributed by atoms with Crippen molar-refractivity contribution < 1.29 is 13.2 Å². The molecule has 2 bridgehead atoms. The SMILES string of the molecule is Nc1nc(N2C[C@@H]3C[C@H]2CN3)c2sc3ccc(C(F)(F)F)cc3c2n1. The Hall–Kier alpha value is -2.13. The summed E-state index contributed by atoms with van der Waals surface area (Å²) in [6.45, 7) is 1.72. The van der Waals surface area contributed by atoms with Gasteiger partial charge in [-0.2, -0.15) is 18.2 Å². The number of nitrogens with zero attached hydrogens (tertiary/aromatic N) is 3. The number of hydrogen-bond donors (Lipinski definition) is 2. The molecular weight excluding hydrogens is 351 g/mol. The number of nitrogen functional groups attached to an aromatic ring is 1. The van der Waals surface area contributed by atoms with Crippen LogP contribution in [-0.4, -0.2) is 35.1 Å². The number of hydrogen-bond acceptors (Lipinski definition) is 6. The summed E-state index contributed by atoms with van der Waals surface area (Å²) in [4.78, 5) is 10.9. The van der Waals surface area contributed by atoms with Crippen LogP contribution in [0.2, 0.25) is 0 Å². The van der Waals surface area contributed by atoms with Crippen LogP contribution >= 0.6 is 11.3 Å². The molecule has 0 aliphatic carbocycles. The highest BCUT2D eigenvalue weighted by atomic mass is 32.1. The van der Waals surface area contributed by atoms with Gasteiger partial charge in [-0.1, -0.05) is 0 Å². The van der Waals surface area contributed by atoms with Crippen molar-refractivity contribution in [2.75, 3.05) is 23.7 Å². The van der Waals surface area contributed by atoms with Crippen LogP contribution in [0.5, 0.6) is 0 Å². The molecule has 130 valence electrons. The fourth-order valence-electron chi connectivity index (χ4n) is 3.84. The molecule has 3 N–H and O–H groups in total. The molecule has 2 aliphatic heterocycles. The maximum atomic E-state index is 13.1. The molecule has 9 heteroatoms. The average molecular weight is 365 g/mol. The minimum atomic E-state index is -4.39. The topological polar surface area (TPSA) is 67.1 Å². The highest BCUT2D eigenvalue weighted by Gasteiger charge is 2.39. The first-order valence-electron chi connectivity index (χ1n) is 7.97. The number of alkyl halides is 3. The number of benzene rings is 1. The fraction of sp³-hybridized carbons (Fsp3) is 0.375. The van der Waals surface area contributed by atoms with Crippen LogP contribution in [0.4, 0.5) is 24.9 Å². The van der Waals surface area contributed by atoms with E-state index >= 15 is 0 Å². The van der Waals surface area contributed by atoms with E-state index < -0.39 is 11.7 Å². The van der Waals surface area contributed by atoms with Gasteiger partial charge in [0, 0.05) is 35.3 Å². The van der Waals surface area contributed by atoms with Crippen LogP contribution in [0.25, 0.3) is 20.3 Å². The van der Waals surface area contributed by atoms with E-state index in [9.17, 15) is 13.2 Å². The molecular formula is C16H14F3N5S. The summed E-state index contributed by atoms with van der Waals surface area (Å²) in [5, 5.41) is 3.91. The minimum absolute atomic E-state index is 0.0929. The molecule has 2 aromatic heterocycles. The Morgan fingerprint density at radius 2 is 2.12 bits per heavy atom. The summed E-state index contributed by atoms with van der Waals surface area (Å²) in [7, 11) is 0. The highest BCUT2D eigenvalue weighted by Crippen LogP contribution is 2.42. The Labute approximate surface area is 144 Å². The number of piperazine rings is 1. The van der Waals surface area contributed by atoms with E-state index in [4.69, 9.17) is 5.73 Å². The molecule has 0 amide bonds. The normalized spacial score (nSPS) is 23.2. The molecule has 2 aliphatic rings. The van der Waals surface area contributed by atoms with E-state index in [1.165, 1.54) is 17.4 Å². The van der Waals surface area contributed by atoms with Crippen molar-refractivity contribution in [1.29, 1.82) is 0 Å². The van der Waals surface area contributed by atoms with E-state index in [1.54, 1.807) is 0 Å². The van der Waals surface area contributed by atoms with Crippen molar-refractivity contribution in [2.24, 2.45) is 0 Å². The Kier molecular flexibility index (Phi) is 3.00. The van der Waals surface area contributed by atoms with Gasteiger partial charge in [-0.05, 0) is 24.6 Å². The Morgan fingerprint density at radius 3 is 2.80 bits per heavy atom. The Morgan fingerprint density at radius 1 is 1.28 bits per heavy atom. The standard InChI is InChI=1S/C16H14F3N5S/c17-16(18,19)7-1-2-11-10(3-7)12-13(25-11)14(23-15(20)22-12)24-6-8-4-9(24)5-21-8/h1-3,8-9,21H,4-6H2,(H2,20,22,23)/t8-,9-/m0/s1. The monoisotopic (exact) mass is 365 g/mol. The third-order valence-corrected chi connectivity index (χ3v) is 6.12. The van der Waals surface area contributed by atoms with Gasteiger partial charge in [-0.3, -0.25) is 0 Å². The summed E-state index contributed by atoms with van der Waals surface area (Å²) in [5.74, 6) is 0.835. The average Bonchev–Trinajstić information content (AvgIpc) is 3.26. The second-order valence-corrected chi connectivity index (χ2v) is 7.59. The molecule has 5 nitrogen and oxygen atoms in total. The van der Waals surface area contributed by atoms with E-state index in [0.717, 1.165) is 46.9 Å². The molecule has 0 unspecified atom stereocenters. The van der Waals surface area contributed by atoms with E-state index in [1.807, 2.05) is 0 Å². The van der Waals surface area contributed by atoms with Crippen molar-refractivity contribution in [3.63, 3.8) is 0 Å². The van der Waals surface area contributed by atoms with E-state index in [-0.39, 0.29) is 5.95 Å². The molecule has 5 rings (SSSR count). The molecule has 2 atom stereocenters. The zero-order valence-electron chi connectivity index (χ0n) is 13.0. The van der Waals surface area contributed by atoms with Gasteiger partial charge in [0.1, 0.15) is 0 Å². The van der Waals surface area contributed by atoms with Crippen molar-refractivity contribution in [2.45, 2.75) is 24.7 Å². The van der Waals surface area contributed by atoms with Crippen LogP contribution in [0.15, 0.2) is 18.2 Å². The zero-order valence-corrected chi connectivity index (χ0v) is 13.8. The maximum absolute atomic E-state index is 13.1. The maximum Gasteiger partial charge on any atom is 0.416 e. The zero-order chi connectivity index (χ0) is 17.3. The molecule has 2 saturated heterocycles. The molecule has 3 aromatic rings. The molecule has 0 saturated carbocycles. The van der Waals surface area contributed by atoms with E-state index in [2.05, 4.69) is 20.2 Å². The largest absolute Gasteiger partial charge is 0.416 e. The van der Waals surface area contributed by atoms with Crippen LogP contribution < -0.4 is 16.0 Å². The fourth-order valence-corrected chi connectivity index (χ4v) is 4.97. The first kappa shape index (κ1) is 15.2. The van der Waals surface area contributed by atoms with Gasteiger partial charge in [0.15, 0.2) is 5.82 Å². The smallest absolute Gasteiger partial charge is 0.368 e. The van der Waals surface area contributed by atoms with Gasteiger partial charge in [-0.15, -0.1) is 11.3 Å². The second kappa shape index (κ2) is 4.95. The Balaban J connectivity index is 1.74. The van der Waals surface area contributed by atoms with Gasteiger partial charge >= 0.3 is 6.18 Å². The van der Waals surface area contributed by atoms with Gasteiger partial charge in [0.2, 0.25) is 5.95 Å². The lowest BCUT2D eigenvalue weighted by Crippen LogP contribution is -2.44. The number of rotatable bonds is 1. The third-order valence-electron chi connectivity index (χ3n) is 4.97. The summed E-state index contributed by atoms with van der Waals surface area (Å²) in [6, 6.07) is 4.54. The van der Waals surface area contributed by atoms with Crippen molar-refractivity contribution in [3.05, 3.63) is 23.8 Å². The number of thiophene rings is 1. The number of nitrogens with one attached hydrogen (secondary N) is 1. The summed E-state index contributed by atoms with van der Waals surface area (Å²) in [5.41, 5.74) is 5.71. The van der Waals surface area contributed by atoms with Gasteiger partial charge in [0.25, 0.3) is 0 Å². The van der Waals surface area contributed by atoms with E-state index in [0.29, 0.717) is 23.0 Å². The molecule has 1 aromatic carbocycles. The van der Waals surface area contributed by atoms with Crippen molar-refractivity contribution in [3.8, 4) is 0 Å². The predicted octanol–water partition coefficient (Wildman–Crippen LogP) is 3.00. The number of fused-ring (bicyclic) bond motifs is 5. The quantitative estimate of drug-likeness (QED) is 0.694. The molecule has 2 fully saturated rings. The van der Waals surface area contributed by atoms with Crippen molar-refractivity contribution in [1.82, 2.24) is 15.3 Å². The molecule has 0 spiro atoms. The lowest BCUT2D eigenvalue weighted by Gasteiger charge is -2.28. The lowest BCUT2D eigenvalue weighted by molar-refractivity contribution is -0.137. The second-order valence-electron chi connectivity index (χ2n) is 6.54. The Bertz CT molecular complexity index is 999. The number of aromatic nitrogens is 2. The van der Waals surface area contributed by atoms with Crippen LogP contribution in [0, 0.1) is 0 Å². The van der Waals surface area contributed by atoms with Crippen molar-refractivity contribution >= 4 is 43.4 Å². The highest BCUT2D eigenvalue weighted by molar-refractivity contribution is 7.26. The van der Waals surface area contributed by atoms with Crippen LogP contribution in [0.1, 0.15) is 12.0 Å². The molecule has 25 heavy (non-hydrogen) atoms. The van der Waals surface area contributed by atoms with Gasteiger partial charge in [0.05, 0.1) is 15.8 Å². The lowest BCUT2D eigenvalue weighted by atomic mass is 10.1. The van der Waals surface area contributed by atoms with Crippen LogP contribution in [0.3, 0.4) is 0 Å². The third kappa shape index (κ3) is 2.26. The van der Waals surface area contributed by atoms with Crippen LogP contribution in [-0.2, 0) is 6.18 Å². The summed E-state index contributed by atoms with van der Waals surface area (Å²) in [6.07, 6.45) is -3.34. The molecule has 0 radical (unpaired) electrons. The number of anilines is 2. The number of nitrogens with two attached hydrogens (primary N) is 1.